The van der Waals surface area contributed by atoms with Crippen molar-refractivity contribution in [3.63, 3.8) is 0 Å². The molecule has 0 aromatic carbocycles. The van der Waals surface area contributed by atoms with Gasteiger partial charge in [-0.05, 0) is 58.6 Å². The molecule has 0 aliphatic carbocycles. The van der Waals surface area contributed by atoms with Crippen LogP contribution >= 0.6 is 0 Å². The molecule has 1 aromatic heterocycles. The molecule has 1 saturated heterocycles. The molecular formula is C16H24N2O2. The van der Waals surface area contributed by atoms with Crippen LogP contribution in [0.1, 0.15) is 57.3 Å². The number of hydrogen-bond acceptors (Lipinski definition) is 3. The minimum absolute atomic E-state index is 0.0415. The first-order chi connectivity index (χ1) is 9.38. The maximum absolute atomic E-state index is 12.4. The molecule has 4 nitrogen and oxygen atoms in total. The summed E-state index contributed by atoms with van der Waals surface area (Å²) in [4.78, 5) is 18.7. The maximum Gasteiger partial charge on any atom is 0.410 e. The summed E-state index contributed by atoms with van der Waals surface area (Å²) in [6.07, 6.45) is 4.68. The Morgan fingerprint density at radius 1 is 1.40 bits per heavy atom. The fraction of sp³-hybridized carbons (Fsp3) is 0.625. The van der Waals surface area contributed by atoms with E-state index in [9.17, 15) is 4.79 Å². The van der Waals surface area contributed by atoms with Crippen LogP contribution in [0.2, 0.25) is 0 Å². The lowest BCUT2D eigenvalue weighted by Gasteiger charge is -2.36. The molecule has 1 fully saturated rings. The standard InChI is InChI=1S/C16H24N2O2/c1-12-8-7-10-17-14(12)13-9-5-6-11-18(13)15(19)20-16(2,3)4/h7-8,10,13H,5-6,9,11H2,1-4H3/t13-/m1/s1. The highest BCUT2D eigenvalue weighted by Gasteiger charge is 2.32. The van der Waals surface area contributed by atoms with E-state index in [0.717, 1.165) is 37.1 Å². The number of pyridine rings is 1. The van der Waals surface area contributed by atoms with Gasteiger partial charge >= 0.3 is 6.09 Å². The number of carbonyl (C=O) groups excluding carboxylic acids is 1. The third-order valence-corrected chi connectivity index (χ3v) is 3.50. The maximum atomic E-state index is 12.4. The fourth-order valence-corrected chi connectivity index (χ4v) is 2.60. The number of piperidine rings is 1. The molecule has 0 bridgehead atoms. The number of hydrogen-bond donors (Lipinski definition) is 0. The van der Waals surface area contributed by atoms with Crippen LogP contribution < -0.4 is 0 Å². The number of aryl methyl sites for hydroxylation is 1. The molecule has 20 heavy (non-hydrogen) atoms. The zero-order valence-electron chi connectivity index (χ0n) is 12.8. The third-order valence-electron chi connectivity index (χ3n) is 3.50. The third kappa shape index (κ3) is 3.50. The van der Waals surface area contributed by atoms with Gasteiger partial charge in [0.1, 0.15) is 5.60 Å². The Labute approximate surface area is 121 Å². The molecule has 1 aliphatic heterocycles. The molecular weight excluding hydrogens is 252 g/mol. The number of nitrogens with zero attached hydrogens (tertiary/aromatic N) is 2. The topological polar surface area (TPSA) is 42.4 Å². The Hall–Kier alpha value is -1.58. The molecule has 2 heterocycles. The molecule has 0 saturated carbocycles. The van der Waals surface area contributed by atoms with Gasteiger partial charge in [-0.3, -0.25) is 9.88 Å². The van der Waals surface area contributed by atoms with Gasteiger partial charge in [0, 0.05) is 12.7 Å². The first-order valence-corrected chi connectivity index (χ1v) is 7.29. The van der Waals surface area contributed by atoms with E-state index in [-0.39, 0.29) is 12.1 Å². The largest absolute Gasteiger partial charge is 0.444 e. The van der Waals surface area contributed by atoms with Crippen LogP contribution in [0.4, 0.5) is 4.79 Å². The van der Waals surface area contributed by atoms with Crippen LogP contribution in [-0.2, 0) is 4.74 Å². The number of carbonyl (C=O) groups is 1. The van der Waals surface area contributed by atoms with Crippen molar-refractivity contribution in [2.75, 3.05) is 6.54 Å². The van der Waals surface area contributed by atoms with Gasteiger partial charge in [0.2, 0.25) is 0 Å². The van der Waals surface area contributed by atoms with Crippen LogP contribution in [0.25, 0.3) is 0 Å². The monoisotopic (exact) mass is 276 g/mol. The van der Waals surface area contributed by atoms with Gasteiger partial charge in [0.15, 0.2) is 0 Å². The van der Waals surface area contributed by atoms with Crippen molar-refractivity contribution >= 4 is 6.09 Å². The van der Waals surface area contributed by atoms with Crippen LogP contribution in [0.5, 0.6) is 0 Å². The zero-order valence-corrected chi connectivity index (χ0v) is 12.8. The summed E-state index contributed by atoms with van der Waals surface area (Å²) in [7, 11) is 0. The Morgan fingerprint density at radius 3 is 2.80 bits per heavy atom. The highest BCUT2D eigenvalue weighted by Crippen LogP contribution is 2.32. The average Bonchev–Trinajstić information content (AvgIpc) is 2.37. The van der Waals surface area contributed by atoms with E-state index in [0.29, 0.717) is 0 Å². The summed E-state index contributed by atoms with van der Waals surface area (Å²) in [5.41, 5.74) is 1.67. The van der Waals surface area contributed by atoms with Crippen molar-refractivity contribution in [1.82, 2.24) is 9.88 Å². The van der Waals surface area contributed by atoms with Crippen LogP contribution in [0, 0.1) is 6.92 Å². The molecule has 0 spiro atoms. The van der Waals surface area contributed by atoms with Crippen LogP contribution in [0.15, 0.2) is 18.3 Å². The molecule has 0 unspecified atom stereocenters. The van der Waals surface area contributed by atoms with Crippen molar-refractivity contribution < 1.29 is 9.53 Å². The lowest BCUT2D eigenvalue weighted by Crippen LogP contribution is -2.42. The second kappa shape index (κ2) is 5.81. The van der Waals surface area contributed by atoms with Gasteiger partial charge in [-0.2, -0.15) is 0 Å². The molecule has 2 rings (SSSR count). The summed E-state index contributed by atoms with van der Waals surface area (Å²) in [5.74, 6) is 0. The molecule has 110 valence electrons. The molecule has 1 aliphatic rings. The molecule has 0 N–H and O–H groups in total. The first kappa shape index (κ1) is 14.8. The van der Waals surface area contributed by atoms with Crippen molar-refractivity contribution in [2.24, 2.45) is 0 Å². The van der Waals surface area contributed by atoms with Gasteiger partial charge < -0.3 is 4.74 Å². The summed E-state index contributed by atoms with van der Waals surface area (Å²) >= 11 is 0. The summed E-state index contributed by atoms with van der Waals surface area (Å²) in [6, 6.07) is 4.02. The fourth-order valence-electron chi connectivity index (χ4n) is 2.60. The summed E-state index contributed by atoms with van der Waals surface area (Å²) in [6.45, 7) is 8.49. The van der Waals surface area contributed by atoms with Crippen molar-refractivity contribution in [3.8, 4) is 0 Å². The minimum Gasteiger partial charge on any atom is -0.444 e. The van der Waals surface area contributed by atoms with Crippen LogP contribution in [0.3, 0.4) is 0 Å². The van der Waals surface area contributed by atoms with Gasteiger partial charge in [-0.15, -0.1) is 0 Å². The summed E-state index contributed by atoms with van der Waals surface area (Å²) in [5, 5.41) is 0. The smallest absolute Gasteiger partial charge is 0.410 e. The van der Waals surface area contributed by atoms with E-state index < -0.39 is 5.60 Å². The zero-order chi connectivity index (χ0) is 14.8. The second-order valence-electron chi connectivity index (χ2n) is 6.39. The highest BCUT2D eigenvalue weighted by molar-refractivity contribution is 5.69. The number of aromatic nitrogens is 1. The van der Waals surface area contributed by atoms with E-state index in [1.54, 1.807) is 6.20 Å². The average molecular weight is 276 g/mol. The van der Waals surface area contributed by atoms with Crippen molar-refractivity contribution in [2.45, 2.75) is 58.6 Å². The number of ether oxygens (including phenoxy) is 1. The Morgan fingerprint density at radius 2 is 2.15 bits per heavy atom. The predicted octanol–water partition coefficient (Wildman–Crippen LogP) is 3.85. The predicted molar refractivity (Wildman–Crippen MR) is 78.5 cm³/mol. The lowest BCUT2D eigenvalue weighted by atomic mass is 9.97. The van der Waals surface area contributed by atoms with E-state index in [1.807, 2.05) is 44.7 Å². The number of rotatable bonds is 1. The highest BCUT2D eigenvalue weighted by atomic mass is 16.6. The summed E-state index contributed by atoms with van der Waals surface area (Å²) < 4.78 is 5.53. The van der Waals surface area contributed by atoms with Crippen molar-refractivity contribution in [3.05, 3.63) is 29.6 Å². The first-order valence-electron chi connectivity index (χ1n) is 7.29. The number of likely N-dealkylation sites (tertiary alicyclic amines) is 1. The van der Waals surface area contributed by atoms with E-state index in [2.05, 4.69) is 4.98 Å². The van der Waals surface area contributed by atoms with E-state index in [1.165, 1.54) is 0 Å². The van der Waals surface area contributed by atoms with Gasteiger partial charge in [-0.1, -0.05) is 6.07 Å². The molecule has 1 amide bonds. The van der Waals surface area contributed by atoms with Crippen molar-refractivity contribution in [1.29, 1.82) is 0 Å². The molecule has 1 aromatic rings. The van der Waals surface area contributed by atoms with E-state index in [4.69, 9.17) is 4.74 Å². The second-order valence-corrected chi connectivity index (χ2v) is 6.39. The Balaban J connectivity index is 2.22. The molecule has 0 radical (unpaired) electrons. The Bertz CT molecular complexity index is 480. The van der Waals surface area contributed by atoms with Gasteiger partial charge in [-0.25, -0.2) is 4.79 Å². The molecule has 1 atom stereocenters. The Kier molecular flexibility index (Phi) is 4.31. The van der Waals surface area contributed by atoms with Gasteiger partial charge in [0.25, 0.3) is 0 Å². The van der Waals surface area contributed by atoms with Crippen LogP contribution in [-0.4, -0.2) is 28.1 Å². The lowest BCUT2D eigenvalue weighted by molar-refractivity contribution is 0.00894. The molecule has 4 heteroatoms. The number of amides is 1. The van der Waals surface area contributed by atoms with E-state index >= 15 is 0 Å². The minimum atomic E-state index is -0.460. The van der Waals surface area contributed by atoms with Gasteiger partial charge in [0.05, 0.1) is 11.7 Å². The SMILES string of the molecule is Cc1cccnc1[C@H]1CCCCN1C(=O)OC(C)(C)C. The normalized spacial score (nSPS) is 19.8. The quantitative estimate of drug-likeness (QED) is 0.782.